The minimum atomic E-state index is -0.688. The first kappa shape index (κ1) is 26.2. The van der Waals surface area contributed by atoms with Gasteiger partial charge in [0.25, 0.3) is 5.91 Å². The van der Waals surface area contributed by atoms with Gasteiger partial charge in [-0.05, 0) is 49.9 Å². The molecule has 2 aromatic rings. The molecule has 2 N–H and O–H groups in total. The Balaban J connectivity index is 1.28. The highest BCUT2D eigenvalue weighted by Gasteiger charge is 2.42. The van der Waals surface area contributed by atoms with Crippen molar-refractivity contribution in [3.63, 3.8) is 0 Å². The molecule has 1 fully saturated rings. The van der Waals surface area contributed by atoms with Crippen LogP contribution in [0.1, 0.15) is 69.6 Å². The van der Waals surface area contributed by atoms with E-state index < -0.39 is 6.04 Å². The van der Waals surface area contributed by atoms with Crippen molar-refractivity contribution < 1.29 is 18.8 Å². The molecule has 1 aromatic carbocycles. The predicted molar refractivity (Wildman–Crippen MR) is 147 cm³/mol. The number of nitrogens with zero attached hydrogens (tertiary/aromatic N) is 3. The lowest BCUT2D eigenvalue weighted by Gasteiger charge is -2.29. The Hall–Kier alpha value is -3.40. The van der Waals surface area contributed by atoms with Crippen molar-refractivity contribution in [3.8, 4) is 0 Å². The van der Waals surface area contributed by atoms with Crippen LogP contribution < -0.4 is 10.6 Å². The molecule has 200 valence electrons. The number of carbonyl (C=O) groups excluding carboxylic acids is 3. The van der Waals surface area contributed by atoms with E-state index in [1.165, 1.54) is 23.1 Å². The zero-order valence-corrected chi connectivity index (χ0v) is 22.3. The minimum absolute atomic E-state index is 0.0131. The number of amidine groups is 2. The van der Waals surface area contributed by atoms with E-state index in [0.717, 1.165) is 36.9 Å². The molecule has 5 rings (SSSR count). The summed E-state index contributed by atoms with van der Waals surface area (Å²) in [6.45, 7) is 2.27. The summed E-state index contributed by atoms with van der Waals surface area (Å²) in [6.07, 6.45) is 8.14. The van der Waals surface area contributed by atoms with Crippen molar-refractivity contribution in [1.82, 2.24) is 15.5 Å². The van der Waals surface area contributed by atoms with E-state index in [9.17, 15) is 14.4 Å². The Morgan fingerprint density at radius 3 is 2.74 bits per heavy atom. The maximum atomic E-state index is 13.5. The molecule has 3 heterocycles. The number of hydrogen-bond donors (Lipinski definition) is 2. The number of furan rings is 1. The smallest absolute Gasteiger partial charge is 0.259 e. The fourth-order valence-electron chi connectivity index (χ4n) is 5.01. The SMILES string of the molecule is CC[C@H](SC1=Nc2ccccc2C2=N[C@@H](CCC(=O)NCc3ccco3)C(=O)N12)C(=O)NC1CCCCC1. The molecule has 9 nitrogen and oxygen atoms in total. The van der Waals surface area contributed by atoms with Crippen LogP contribution in [0.5, 0.6) is 0 Å². The van der Waals surface area contributed by atoms with Crippen molar-refractivity contribution >= 4 is 46.2 Å². The van der Waals surface area contributed by atoms with Gasteiger partial charge in [-0.15, -0.1) is 0 Å². The first-order chi connectivity index (χ1) is 18.5. The number of thioether (sulfide) groups is 1. The summed E-state index contributed by atoms with van der Waals surface area (Å²) >= 11 is 1.31. The van der Waals surface area contributed by atoms with Gasteiger partial charge in [0, 0.05) is 18.0 Å². The molecule has 0 saturated heterocycles. The number of aliphatic imine (C=N–C) groups is 2. The molecule has 1 aliphatic carbocycles. The number of para-hydroxylation sites is 1. The van der Waals surface area contributed by atoms with Gasteiger partial charge in [-0.3, -0.25) is 19.4 Å². The number of benzene rings is 1. The quantitative estimate of drug-likeness (QED) is 0.497. The second-order valence-corrected chi connectivity index (χ2v) is 11.0. The molecule has 2 aliphatic heterocycles. The molecule has 0 unspecified atom stereocenters. The third-order valence-electron chi connectivity index (χ3n) is 7.09. The fourth-order valence-corrected chi connectivity index (χ4v) is 6.04. The third-order valence-corrected chi connectivity index (χ3v) is 8.41. The lowest BCUT2D eigenvalue weighted by molar-refractivity contribution is -0.125. The first-order valence-electron chi connectivity index (χ1n) is 13.4. The summed E-state index contributed by atoms with van der Waals surface area (Å²) in [4.78, 5) is 50.1. The molecule has 38 heavy (non-hydrogen) atoms. The second kappa shape index (κ2) is 12.0. The van der Waals surface area contributed by atoms with Crippen molar-refractivity contribution in [2.45, 2.75) is 82.2 Å². The molecule has 2 atom stereocenters. The first-order valence-corrected chi connectivity index (χ1v) is 14.3. The van der Waals surface area contributed by atoms with Crippen LogP contribution in [0.15, 0.2) is 57.1 Å². The van der Waals surface area contributed by atoms with Gasteiger partial charge in [0.2, 0.25) is 11.8 Å². The van der Waals surface area contributed by atoms with Crippen LogP contribution in [-0.4, -0.2) is 51.0 Å². The number of nitrogens with one attached hydrogen (secondary N) is 2. The molecular formula is C28H33N5O4S. The number of amides is 3. The highest BCUT2D eigenvalue weighted by molar-refractivity contribution is 8.15. The maximum absolute atomic E-state index is 13.5. The molecule has 0 radical (unpaired) electrons. The van der Waals surface area contributed by atoms with Crippen LogP contribution in [0.4, 0.5) is 5.69 Å². The Kier molecular flexibility index (Phi) is 8.26. The van der Waals surface area contributed by atoms with E-state index >= 15 is 0 Å². The van der Waals surface area contributed by atoms with Crippen molar-refractivity contribution in [2.75, 3.05) is 0 Å². The van der Waals surface area contributed by atoms with Crippen LogP contribution >= 0.6 is 11.8 Å². The normalized spacial score (nSPS) is 19.8. The summed E-state index contributed by atoms with van der Waals surface area (Å²) < 4.78 is 5.25. The van der Waals surface area contributed by atoms with E-state index in [1.54, 1.807) is 18.4 Å². The maximum Gasteiger partial charge on any atom is 0.259 e. The molecule has 0 spiro atoms. The Morgan fingerprint density at radius 1 is 1.16 bits per heavy atom. The molecule has 1 aromatic heterocycles. The van der Waals surface area contributed by atoms with Crippen LogP contribution in [0.2, 0.25) is 0 Å². The van der Waals surface area contributed by atoms with Crippen LogP contribution in [0.25, 0.3) is 0 Å². The summed E-state index contributed by atoms with van der Waals surface area (Å²) in [6, 6.07) is 10.7. The van der Waals surface area contributed by atoms with Gasteiger partial charge in [-0.25, -0.2) is 9.89 Å². The van der Waals surface area contributed by atoms with Gasteiger partial charge < -0.3 is 15.1 Å². The molecule has 3 aliphatic rings. The van der Waals surface area contributed by atoms with Crippen molar-refractivity contribution in [3.05, 3.63) is 54.0 Å². The molecule has 0 bridgehead atoms. The minimum Gasteiger partial charge on any atom is -0.467 e. The molecule has 10 heteroatoms. The zero-order valence-electron chi connectivity index (χ0n) is 21.5. The highest BCUT2D eigenvalue weighted by Crippen LogP contribution is 2.36. The summed E-state index contributed by atoms with van der Waals surface area (Å²) in [5, 5.41) is 6.11. The molecule has 1 saturated carbocycles. The third kappa shape index (κ3) is 5.85. The summed E-state index contributed by atoms with van der Waals surface area (Å²) in [7, 11) is 0. The van der Waals surface area contributed by atoms with Gasteiger partial charge in [0.1, 0.15) is 17.6 Å². The molecular weight excluding hydrogens is 502 g/mol. The standard InChI is InChI=1S/C28H33N5O4S/c1-2-23(26(35)30-18-9-4-3-5-10-18)38-28-32-21-13-7-6-12-20(21)25-31-22(27(36)33(25)28)14-15-24(34)29-17-19-11-8-16-37-19/h6-8,11-13,16,18,22-23H,2-5,9-10,14-15,17H2,1H3,(H,29,34)(H,30,35)/t22-,23-/m0/s1. The van der Waals surface area contributed by atoms with Crippen LogP contribution in [-0.2, 0) is 20.9 Å². The topological polar surface area (TPSA) is 116 Å². The van der Waals surface area contributed by atoms with E-state index in [2.05, 4.69) is 10.6 Å². The number of fused-ring (bicyclic) bond motifs is 3. The van der Waals surface area contributed by atoms with Gasteiger partial charge in [-0.2, -0.15) is 0 Å². The van der Waals surface area contributed by atoms with Gasteiger partial charge >= 0.3 is 0 Å². The Bertz CT molecular complexity index is 1240. The van der Waals surface area contributed by atoms with E-state index in [0.29, 0.717) is 29.7 Å². The number of hydrogen-bond acceptors (Lipinski definition) is 7. The second-order valence-electron chi connectivity index (χ2n) is 9.81. The fraction of sp³-hybridized carbons (Fsp3) is 0.464. The van der Waals surface area contributed by atoms with Gasteiger partial charge in [-0.1, -0.05) is 50.1 Å². The van der Waals surface area contributed by atoms with E-state index in [-0.39, 0.29) is 41.9 Å². The zero-order chi connectivity index (χ0) is 26.5. The lowest BCUT2D eigenvalue weighted by atomic mass is 9.95. The van der Waals surface area contributed by atoms with Crippen LogP contribution in [0.3, 0.4) is 0 Å². The predicted octanol–water partition coefficient (Wildman–Crippen LogP) is 4.30. The van der Waals surface area contributed by atoms with Gasteiger partial charge in [0.05, 0.1) is 23.7 Å². The van der Waals surface area contributed by atoms with Gasteiger partial charge in [0.15, 0.2) is 5.17 Å². The van der Waals surface area contributed by atoms with Crippen LogP contribution in [0, 0.1) is 0 Å². The lowest BCUT2D eigenvalue weighted by Crippen LogP contribution is -2.45. The average Bonchev–Trinajstić information content (AvgIpc) is 3.58. The monoisotopic (exact) mass is 535 g/mol. The summed E-state index contributed by atoms with van der Waals surface area (Å²) in [5.41, 5.74) is 1.49. The molecule has 3 amide bonds. The average molecular weight is 536 g/mol. The largest absolute Gasteiger partial charge is 0.467 e. The number of carbonyl (C=O) groups is 3. The van der Waals surface area contributed by atoms with Crippen molar-refractivity contribution in [1.29, 1.82) is 0 Å². The van der Waals surface area contributed by atoms with E-state index in [1.807, 2.05) is 31.2 Å². The Morgan fingerprint density at radius 2 is 1.97 bits per heavy atom. The van der Waals surface area contributed by atoms with Crippen molar-refractivity contribution in [2.24, 2.45) is 9.98 Å². The highest BCUT2D eigenvalue weighted by atomic mass is 32.2. The Labute approximate surface area is 226 Å². The number of rotatable bonds is 9. The summed E-state index contributed by atoms with van der Waals surface area (Å²) in [5.74, 6) is 0.795. The van der Waals surface area contributed by atoms with E-state index in [4.69, 9.17) is 14.4 Å².